The smallest absolute Gasteiger partial charge is 0.217 e. The van der Waals surface area contributed by atoms with Gasteiger partial charge >= 0.3 is 0 Å². The second kappa shape index (κ2) is 11.2. The molecule has 0 aromatic heterocycles. The van der Waals surface area contributed by atoms with Gasteiger partial charge in [0.1, 0.15) is 30.0 Å². The Balaban J connectivity index is 1.52. The van der Waals surface area contributed by atoms with Crippen molar-refractivity contribution in [2.75, 3.05) is 6.61 Å². The van der Waals surface area contributed by atoms with Crippen molar-refractivity contribution in [3.05, 3.63) is 46.3 Å². The van der Waals surface area contributed by atoms with Crippen LogP contribution < -0.4 is 5.32 Å². The van der Waals surface area contributed by atoms with Crippen LogP contribution in [-0.4, -0.2) is 71.4 Å². The summed E-state index contributed by atoms with van der Waals surface area (Å²) >= 11 is 0. The first kappa shape index (κ1) is 25.8. The molecule has 8 atom stereocenters. The standard InChI is InChI=1S/C24H34N4O7/c1-14(29)26-18-19(30)20-17(34-22(18)33-16-11-7-4-8-12-16)13-32-23(35-20)24(2,31)21(27-28-25)15-9-5-3-6-10-15/h3,5-6,9-10,16-23,30-31H,4,7-8,11-13H2,1-2H3,(H,26,29)/t17-,18-,19-,20-,21-,22-,23-,24-/m1/s1. The molecule has 11 nitrogen and oxygen atoms in total. The van der Waals surface area contributed by atoms with E-state index in [1.165, 1.54) is 13.8 Å². The largest absolute Gasteiger partial charge is 0.388 e. The number of aliphatic hydroxyl groups is 2. The molecule has 1 amide bonds. The van der Waals surface area contributed by atoms with Gasteiger partial charge in [-0.25, -0.2) is 0 Å². The number of azide groups is 1. The van der Waals surface area contributed by atoms with Gasteiger partial charge in [-0.15, -0.1) is 0 Å². The van der Waals surface area contributed by atoms with E-state index in [-0.39, 0.29) is 18.6 Å². The van der Waals surface area contributed by atoms with Gasteiger partial charge in [0, 0.05) is 11.8 Å². The summed E-state index contributed by atoms with van der Waals surface area (Å²) in [5, 5.41) is 29.2. The predicted molar refractivity (Wildman–Crippen MR) is 124 cm³/mol. The molecule has 1 aromatic rings. The highest BCUT2D eigenvalue weighted by Crippen LogP contribution is 2.39. The highest BCUT2D eigenvalue weighted by atomic mass is 16.8. The maximum Gasteiger partial charge on any atom is 0.217 e. The van der Waals surface area contributed by atoms with Crippen LogP contribution in [0, 0.1) is 0 Å². The van der Waals surface area contributed by atoms with Gasteiger partial charge in [-0.05, 0) is 30.9 Å². The van der Waals surface area contributed by atoms with Crippen LogP contribution in [0.3, 0.4) is 0 Å². The molecule has 1 aliphatic carbocycles. The van der Waals surface area contributed by atoms with Crippen molar-refractivity contribution in [1.29, 1.82) is 0 Å². The summed E-state index contributed by atoms with van der Waals surface area (Å²) in [6, 6.07) is 6.95. The fourth-order valence-electron chi connectivity index (χ4n) is 5.13. The van der Waals surface area contributed by atoms with E-state index in [2.05, 4.69) is 15.3 Å². The second-order valence-electron chi connectivity index (χ2n) is 9.67. The highest BCUT2D eigenvalue weighted by molar-refractivity contribution is 5.73. The lowest BCUT2D eigenvalue weighted by molar-refractivity contribution is -0.370. The van der Waals surface area contributed by atoms with Crippen LogP contribution in [0.1, 0.15) is 57.6 Å². The van der Waals surface area contributed by atoms with E-state index in [0.29, 0.717) is 5.56 Å². The van der Waals surface area contributed by atoms with Crippen LogP contribution in [-0.2, 0) is 23.7 Å². The summed E-state index contributed by atoms with van der Waals surface area (Å²) in [4.78, 5) is 14.8. The van der Waals surface area contributed by atoms with Gasteiger partial charge in [0.2, 0.25) is 5.91 Å². The average Bonchev–Trinajstić information content (AvgIpc) is 2.85. The number of rotatable bonds is 7. The molecule has 4 rings (SSSR count). The molecule has 0 spiro atoms. The first-order valence-electron chi connectivity index (χ1n) is 12.2. The van der Waals surface area contributed by atoms with Gasteiger partial charge in [0.25, 0.3) is 0 Å². The topological polar surface area (TPSA) is 155 Å². The number of benzene rings is 1. The number of carbonyl (C=O) groups excluding carboxylic acids is 1. The van der Waals surface area contributed by atoms with Crippen LogP contribution in [0.2, 0.25) is 0 Å². The van der Waals surface area contributed by atoms with Crippen LogP contribution in [0.25, 0.3) is 10.4 Å². The molecule has 3 N–H and O–H groups in total. The predicted octanol–water partition coefficient (Wildman–Crippen LogP) is 2.47. The highest BCUT2D eigenvalue weighted by Gasteiger charge is 2.54. The quantitative estimate of drug-likeness (QED) is 0.301. The molecule has 0 unspecified atom stereocenters. The van der Waals surface area contributed by atoms with E-state index in [4.69, 9.17) is 24.5 Å². The van der Waals surface area contributed by atoms with E-state index in [9.17, 15) is 15.0 Å². The minimum Gasteiger partial charge on any atom is -0.388 e. The zero-order valence-corrected chi connectivity index (χ0v) is 20.0. The molecule has 0 bridgehead atoms. The number of aliphatic hydroxyl groups excluding tert-OH is 1. The minimum absolute atomic E-state index is 0.0110. The van der Waals surface area contributed by atoms with Crippen molar-refractivity contribution >= 4 is 5.91 Å². The van der Waals surface area contributed by atoms with Crippen molar-refractivity contribution in [3.8, 4) is 0 Å². The molecule has 11 heteroatoms. The molecule has 1 saturated carbocycles. The minimum atomic E-state index is -1.77. The van der Waals surface area contributed by atoms with E-state index in [1.807, 2.05) is 6.07 Å². The van der Waals surface area contributed by atoms with Crippen LogP contribution in [0.4, 0.5) is 0 Å². The lowest BCUT2D eigenvalue weighted by Gasteiger charge is -2.50. The van der Waals surface area contributed by atoms with Gasteiger partial charge in [0.05, 0.1) is 18.8 Å². The van der Waals surface area contributed by atoms with Crippen LogP contribution >= 0.6 is 0 Å². The fraction of sp³-hybridized carbons (Fsp3) is 0.708. The molecular formula is C24H34N4O7. The summed E-state index contributed by atoms with van der Waals surface area (Å²) in [7, 11) is 0. The Morgan fingerprint density at radius 1 is 1.26 bits per heavy atom. The fourth-order valence-corrected chi connectivity index (χ4v) is 5.13. The van der Waals surface area contributed by atoms with Crippen LogP contribution in [0.5, 0.6) is 0 Å². The molecule has 2 aliphatic heterocycles. The second-order valence-corrected chi connectivity index (χ2v) is 9.67. The zero-order chi connectivity index (χ0) is 25.0. The zero-order valence-electron chi connectivity index (χ0n) is 20.0. The number of nitrogens with one attached hydrogen (secondary N) is 1. The van der Waals surface area contributed by atoms with Gasteiger partial charge in [-0.2, -0.15) is 0 Å². The van der Waals surface area contributed by atoms with Gasteiger partial charge in [-0.3, -0.25) is 4.79 Å². The first-order chi connectivity index (χ1) is 16.8. The molecule has 0 radical (unpaired) electrons. The van der Waals surface area contributed by atoms with E-state index >= 15 is 0 Å². The van der Waals surface area contributed by atoms with E-state index in [0.717, 1.165) is 32.1 Å². The molecule has 3 aliphatic rings. The van der Waals surface area contributed by atoms with Crippen molar-refractivity contribution in [2.45, 2.75) is 101 Å². The lowest BCUT2D eigenvalue weighted by atomic mass is 9.88. The Labute approximate surface area is 204 Å². The summed E-state index contributed by atoms with van der Waals surface area (Å²) in [5.41, 5.74) is 7.94. The Morgan fingerprint density at radius 2 is 1.97 bits per heavy atom. The number of amides is 1. The molecular weight excluding hydrogens is 456 g/mol. The first-order valence-corrected chi connectivity index (χ1v) is 12.2. The Hall–Kier alpha value is -2.24. The molecule has 192 valence electrons. The number of hydrogen-bond donors (Lipinski definition) is 3. The summed E-state index contributed by atoms with van der Waals surface area (Å²) in [5.74, 6) is -0.337. The maximum atomic E-state index is 11.9. The number of hydrogen-bond acceptors (Lipinski definition) is 8. The third-order valence-corrected chi connectivity index (χ3v) is 6.93. The van der Waals surface area contributed by atoms with Gasteiger partial charge in [0.15, 0.2) is 12.6 Å². The van der Waals surface area contributed by atoms with Crippen molar-refractivity contribution in [1.82, 2.24) is 5.32 Å². The van der Waals surface area contributed by atoms with Crippen molar-refractivity contribution < 1.29 is 34.0 Å². The van der Waals surface area contributed by atoms with E-state index < -0.39 is 48.6 Å². The average molecular weight is 491 g/mol. The number of carbonyl (C=O) groups is 1. The van der Waals surface area contributed by atoms with Gasteiger partial charge in [-0.1, -0.05) is 54.7 Å². The monoisotopic (exact) mass is 490 g/mol. The van der Waals surface area contributed by atoms with E-state index in [1.54, 1.807) is 24.3 Å². The number of ether oxygens (including phenoxy) is 4. The lowest BCUT2D eigenvalue weighted by Crippen LogP contribution is -2.69. The van der Waals surface area contributed by atoms with Crippen molar-refractivity contribution in [3.63, 3.8) is 0 Å². The molecule has 1 aromatic carbocycles. The summed E-state index contributed by atoms with van der Waals surface area (Å²) < 4.78 is 24.2. The Morgan fingerprint density at radius 3 is 2.63 bits per heavy atom. The third-order valence-electron chi connectivity index (χ3n) is 6.93. The maximum absolute atomic E-state index is 11.9. The Kier molecular flexibility index (Phi) is 8.28. The molecule has 2 heterocycles. The molecule has 3 fully saturated rings. The molecule has 2 saturated heterocycles. The summed E-state index contributed by atoms with van der Waals surface area (Å²) in [6.45, 7) is 2.83. The normalized spacial score (nSPS) is 34.1. The molecule has 35 heavy (non-hydrogen) atoms. The summed E-state index contributed by atoms with van der Waals surface area (Å²) in [6.07, 6.45) is 0.221. The van der Waals surface area contributed by atoms with Gasteiger partial charge < -0.3 is 34.5 Å². The Bertz CT molecular complexity index is 904. The number of fused-ring (bicyclic) bond motifs is 1. The number of nitrogens with zero attached hydrogens (tertiary/aromatic N) is 3. The van der Waals surface area contributed by atoms with Crippen molar-refractivity contribution in [2.24, 2.45) is 5.11 Å². The third kappa shape index (κ3) is 5.78. The van der Waals surface area contributed by atoms with Crippen LogP contribution in [0.15, 0.2) is 35.4 Å². The SMILES string of the molecule is CC(=O)N[C@H]1[C@H](OC2CCCCC2)O[C@@H]2CO[C@@H]([C@](C)(O)[C@H](N=[N+]=[N-])c3ccccc3)O[C@H]2[C@@H]1O.